The molecule has 1 unspecified atom stereocenters. The van der Waals surface area contributed by atoms with Gasteiger partial charge >= 0.3 is 0 Å². The first-order chi connectivity index (χ1) is 20.6. The summed E-state index contributed by atoms with van der Waals surface area (Å²) < 4.78 is 41.9. The zero-order valence-electron chi connectivity index (χ0n) is 25.3. The Morgan fingerprint density at radius 3 is 2.65 bits per heavy atom. The number of carbonyl (C=O) groups excluding carboxylic acids is 1. The van der Waals surface area contributed by atoms with Gasteiger partial charge in [-0.15, -0.1) is 0 Å². The number of benzene rings is 1. The van der Waals surface area contributed by atoms with Crippen LogP contribution in [-0.2, 0) is 23.8 Å². The molecule has 8 atom stereocenters. The second-order valence-electron chi connectivity index (χ2n) is 13.8. The van der Waals surface area contributed by atoms with Crippen molar-refractivity contribution in [3.05, 3.63) is 47.0 Å². The molecule has 0 bridgehead atoms. The summed E-state index contributed by atoms with van der Waals surface area (Å²) in [5, 5.41) is 19.0. The summed E-state index contributed by atoms with van der Waals surface area (Å²) in [7, 11) is 0. The predicted molar refractivity (Wildman–Crippen MR) is 155 cm³/mol. The van der Waals surface area contributed by atoms with Gasteiger partial charge in [-0.05, 0) is 76.0 Å². The molecule has 2 aliphatic heterocycles. The second kappa shape index (κ2) is 10.3. The summed E-state index contributed by atoms with van der Waals surface area (Å²) in [5.74, 6) is -1.44. The number of ether oxygens (including phenoxy) is 4. The lowest BCUT2D eigenvalue weighted by atomic mass is 9.43. The summed E-state index contributed by atoms with van der Waals surface area (Å²) in [5.41, 5.74) is -0.391. The van der Waals surface area contributed by atoms with Crippen LogP contribution in [0.1, 0.15) is 74.7 Å². The van der Waals surface area contributed by atoms with Crippen molar-refractivity contribution in [1.29, 1.82) is 0 Å². The number of aliphatic hydroxyl groups is 1. The monoisotopic (exact) mass is 598 g/mol. The Morgan fingerprint density at radius 2 is 1.88 bits per heavy atom. The van der Waals surface area contributed by atoms with Crippen LogP contribution in [-0.4, -0.2) is 73.2 Å². The van der Waals surface area contributed by atoms with E-state index in [2.05, 4.69) is 17.4 Å². The van der Waals surface area contributed by atoms with Crippen molar-refractivity contribution in [2.45, 2.75) is 88.9 Å². The van der Waals surface area contributed by atoms with E-state index in [4.69, 9.17) is 23.8 Å². The van der Waals surface area contributed by atoms with E-state index in [0.717, 1.165) is 29.7 Å². The molecule has 10 heteroatoms. The van der Waals surface area contributed by atoms with E-state index in [1.807, 2.05) is 32.1 Å². The standard InChI is InChI=1S/C33H43FN2O7/c1-21-4-6-22(7-5-21)28(38)35-14-15-43-36-24-10-12-29(2)23(16-24)8-9-26-25-11-13-31(30(25,3)17-27(37)33(26,29)34)32(42-20-40-31)18-39-19-41-32/h4-7,16,25-27,37H,8-15,17-20H2,1-3H3,(H,35,38)/t25-,26-,27-,29-,30-,31+,32?,33-/m0/s1. The minimum absolute atomic E-state index is 0.0237. The van der Waals surface area contributed by atoms with Crippen molar-refractivity contribution in [2.75, 3.05) is 33.3 Å². The summed E-state index contributed by atoms with van der Waals surface area (Å²) in [6.07, 6.45) is 5.08. The van der Waals surface area contributed by atoms with Gasteiger partial charge in [0.2, 0.25) is 5.79 Å². The summed E-state index contributed by atoms with van der Waals surface area (Å²) >= 11 is 0. The van der Waals surface area contributed by atoms with Gasteiger partial charge in [0.1, 0.15) is 24.5 Å². The number of nitrogens with one attached hydrogen (secondary N) is 1. The second-order valence-corrected chi connectivity index (χ2v) is 13.8. The van der Waals surface area contributed by atoms with Gasteiger partial charge < -0.3 is 34.2 Å². The molecular formula is C33H43FN2O7. The maximum absolute atomic E-state index is 17.8. The van der Waals surface area contributed by atoms with Gasteiger partial charge in [-0.3, -0.25) is 4.79 Å². The zero-order chi connectivity index (χ0) is 30.1. The Kier molecular flexibility index (Phi) is 7.06. The number of aryl methyl sites for hydroxylation is 1. The number of allylic oxidation sites excluding steroid dienone is 2. The third-order valence-electron chi connectivity index (χ3n) is 12.0. The molecule has 43 heavy (non-hydrogen) atoms. The fourth-order valence-corrected chi connectivity index (χ4v) is 9.77. The number of hydrogen-bond acceptors (Lipinski definition) is 8. The van der Waals surface area contributed by atoms with Crippen LogP contribution in [0, 0.1) is 29.6 Å². The van der Waals surface area contributed by atoms with Crippen molar-refractivity contribution in [2.24, 2.45) is 27.8 Å². The third kappa shape index (κ3) is 4.06. The van der Waals surface area contributed by atoms with E-state index in [9.17, 15) is 9.90 Å². The van der Waals surface area contributed by atoms with E-state index >= 15 is 4.39 Å². The van der Waals surface area contributed by atoms with Crippen molar-refractivity contribution in [1.82, 2.24) is 5.32 Å². The van der Waals surface area contributed by atoms with Crippen LogP contribution in [0.15, 0.2) is 41.1 Å². The maximum atomic E-state index is 17.8. The molecule has 3 saturated carbocycles. The molecule has 1 amide bonds. The molecule has 2 heterocycles. The molecule has 4 aliphatic carbocycles. The fraction of sp³-hybridized carbons (Fsp3) is 0.697. The third-order valence-corrected chi connectivity index (χ3v) is 12.0. The van der Waals surface area contributed by atoms with Gasteiger partial charge in [-0.1, -0.05) is 42.3 Å². The number of oxime groups is 1. The topological polar surface area (TPSA) is 108 Å². The van der Waals surface area contributed by atoms with E-state index in [0.29, 0.717) is 37.8 Å². The Hall–Kier alpha value is -2.37. The number of aliphatic hydroxyl groups excluding tert-OH is 1. The van der Waals surface area contributed by atoms with Crippen molar-refractivity contribution in [3.63, 3.8) is 0 Å². The average Bonchev–Trinajstić information content (AvgIpc) is 3.69. The predicted octanol–water partition coefficient (Wildman–Crippen LogP) is 4.57. The molecule has 6 aliphatic rings. The first-order valence-electron chi connectivity index (χ1n) is 15.7. The number of nitrogens with zero attached hydrogens (tertiary/aromatic N) is 1. The SMILES string of the molecule is Cc1ccc(C(=O)NCCON=C2C=C3CC[C@H]4[C@@H]5CC[C@@]6(OCOC67COCO7)[C@@]5(C)C[C@H](O)[C@]4(F)[C@@]3(C)CC2)cc1. The molecule has 0 radical (unpaired) electrons. The van der Waals surface area contributed by atoms with Crippen LogP contribution in [0.4, 0.5) is 4.39 Å². The minimum atomic E-state index is -1.76. The van der Waals surface area contributed by atoms with Crippen molar-refractivity contribution in [3.8, 4) is 0 Å². The lowest BCUT2D eigenvalue weighted by Crippen LogP contribution is -2.71. The van der Waals surface area contributed by atoms with Gasteiger partial charge in [0, 0.05) is 22.3 Å². The smallest absolute Gasteiger partial charge is 0.251 e. The molecule has 1 aromatic rings. The number of alkyl halides is 1. The van der Waals surface area contributed by atoms with Crippen molar-refractivity contribution >= 4 is 11.6 Å². The molecule has 9 nitrogen and oxygen atoms in total. The highest BCUT2D eigenvalue weighted by molar-refractivity contribution is 5.96. The highest BCUT2D eigenvalue weighted by atomic mass is 19.1. The number of rotatable bonds is 5. The van der Waals surface area contributed by atoms with Crippen molar-refractivity contribution < 1.29 is 38.1 Å². The molecule has 234 valence electrons. The van der Waals surface area contributed by atoms with Gasteiger partial charge in [-0.2, -0.15) is 0 Å². The largest absolute Gasteiger partial charge is 0.394 e. The highest BCUT2D eigenvalue weighted by Crippen LogP contribution is 2.73. The van der Waals surface area contributed by atoms with Crippen LogP contribution in [0.25, 0.3) is 0 Å². The number of hydrogen-bond donors (Lipinski definition) is 2. The average molecular weight is 599 g/mol. The van der Waals surface area contributed by atoms with Crippen LogP contribution in [0.3, 0.4) is 0 Å². The van der Waals surface area contributed by atoms with E-state index in [-0.39, 0.29) is 51.0 Å². The van der Waals surface area contributed by atoms with Gasteiger partial charge in [0.05, 0.1) is 18.4 Å². The van der Waals surface area contributed by atoms with Crippen LogP contribution >= 0.6 is 0 Å². The Morgan fingerprint density at radius 1 is 1.09 bits per heavy atom. The van der Waals surface area contributed by atoms with Crippen LogP contribution in [0.5, 0.6) is 0 Å². The zero-order valence-corrected chi connectivity index (χ0v) is 25.3. The Labute approximate surface area is 252 Å². The number of amides is 1. The first-order valence-corrected chi connectivity index (χ1v) is 15.7. The first kappa shape index (κ1) is 29.3. The normalized spacial score (nSPS) is 44.3. The molecule has 0 aromatic heterocycles. The van der Waals surface area contributed by atoms with Gasteiger partial charge in [0.15, 0.2) is 13.6 Å². The number of halogens is 1. The van der Waals surface area contributed by atoms with Crippen LogP contribution < -0.4 is 5.32 Å². The van der Waals surface area contributed by atoms with Crippen LogP contribution in [0.2, 0.25) is 0 Å². The quantitative estimate of drug-likeness (QED) is 0.378. The Bertz CT molecular complexity index is 1320. The summed E-state index contributed by atoms with van der Waals surface area (Å²) in [6.45, 7) is 7.22. The lowest BCUT2D eigenvalue weighted by Gasteiger charge is -2.64. The molecule has 2 N–H and O–H groups in total. The summed E-state index contributed by atoms with van der Waals surface area (Å²) in [6, 6.07) is 7.40. The fourth-order valence-electron chi connectivity index (χ4n) is 9.77. The summed E-state index contributed by atoms with van der Waals surface area (Å²) in [4.78, 5) is 17.9. The van der Waals surface area contributed by atoms with Gasteiger partial charge in [-0.25, -0.2) is 4.39 Å². The molecule has 1 aromatic carbocycles. The molecule has 2 saturated heterocycles. The van der Waals surface area contributed by atoms with E-state index < -0.39 is 34.0 Å². The maximum Gasteiger partial charge on any atom is 0.251 e. The lowest BCUT2D eigenvalue weighted by molar-refractivity contribution is -0.273. The highest BCUT2D eigenvalue weighted by Gasteiger charge is 2.79. The minimum Gasteiger partial charge on any atom is -0.394 e. The van der Waals surface area contributed by atoms with E-state index in [1.54, 1.807) is 12.1 Å². The van der Waals surface area contributed by atoms with Gasteiger partial charge in [0.25, 0.3) is 5.91 Å². The Balaban J connectivity index is 1.05. The number of fused-ring (bicyclic) bond motifs is 7. The number of carbonyl (C=O) groups is 1. The molecule has 7 rings (SSSR count). The van der Waals surface area contributed by atoms with E-state index in [1.165, 1.54) is 0 Å². The molecular weight excluding hydrogens is 555 g/mol. The molecule has 5 fully saturated rings. The molecule has 2 spiro atoms.